The quantitative estimate of drug-likeness (QED) is 0.585. The number of rotatable bonds is 5. The summed E-state index contributed by atoms with van der Waals surface area (Å²) in [6.07, 6.45) is 0.378. The molecule has 3 heterocycles. The lowest BCUT2D eigenvalue weighted by atomic mass is 9.99. The molecule has 2 amide bonds. The molecule has 3 aliphatic heterocycles. The maximum absolute atomic E-state index is 13.9. The smallest absolute Gasteiger partial charge is 0.275 e. The number of halogens is 2. The number of carbonyl (C=O) groups excluding carboxylic acids is 2. The third-order valence-corrected chi connectivity index (χ3v) is 6.72. The summed E-state index contributed by atoms with van der Waals surface area (Å²) in [4.78, 5) is 31.9. The zero-order valence-corrected chi connectivity index (χ0v) is 20.2. The number of amides is 2. The summed E-state index contributed by atoms with van der Waals surface area (Å²) in [5.74, 6) is -2.55. The van der Waals surface area contributed by atoms with Gasteiger partial charge >= 0.3 is 0 Å². The highest BCUT2D eigenvalue weighted by molar-refractivity contribution is 5.99. The number of aliphatic hydroxyl groups is 2. The summed E-state index contributed by atoms with van der Waals surface area (Å²) in [5, 5.41) is 23.9. The lowest BCUT2D eigenvalue weighted by molar-refractivity contribution is -0.140. The number of hydrogen-bond acceptors (Lipinski definition) is 6. The summed E-state index contributed by atoms with van der Waals surface area (Å²) >= 11 is 0. The molecule has 0 aromatic heterocycles. The SMILES string of the molecule is CC(C)CN1CC[C@@H](C)CN2C(=O)C3=C(O)C(O)C(C(=O)NCc4ccc(F)cc4F)=CN3CC12. The summed E-state index contributed by atoms with van der Waals surface area (Å²) in [6, 6.07) is 3.03. The molecule has 0 spiro atoms. The van der Waals surface area contributed by atoms with E-state index in [1.165, 1.54) is 17.2 Å². The minimum Gasteiger partial charge on any atom is -0.507 e. The second-order valence-electron chi connectivity index (χ2n) is 10.0. The normalized spacial score (nSPS) is 25.3. The van der Waals surface area contributed by atoms with Crippen molar-refractivity contribution < 1.29 is 28.6 Å². The highest BCUT2D eigenvalue weighted by atomic mass is 19.1. The van der Waals surface area contributed by atoms with Crippen molar-refractivity contribution in [2.45, 2.75) is 46.0 Å². The van der Waals surface area contributed by atoms with E-state index in [1.54, 1.807) is 4.90 Å². The van der Waals surface area contributed by atoms with Crippen LogP contribution < -0.4 is 5.32 Å². The van der Waals surface area contributed by atoms with Gasteiger partial charge in [0.15, 0.2) is 5.76 Å². The molecule has 3 N–H and O–H groups in total. The van der Waals surface area contributed by atoms with Crippen molar-refractivity contribution in [3.63, 3.8) is 0 Å². The van der Waals surface area contributed by atoms with Gasteiger partial charge in [-0.25, -0.2) is 8.78 Å². The molecule has 2 fully saturated rings. The van der Waals surface area contributed by atoms with Gasteiger partial charge in [-0.15, -0.1) is 0 Å². The molecule has 10 heteroatoms. The van der Waals surface area contributed by atoms with Crippen LogP contribution in [0, 0.1) is 23.5 Å². The number of carbonyl (C=O) groups is 2. The molecule has 8 nitrogen and oxygen atoms in total. The fraction of sp³-hybridized carbons (Fsp3) is 0.520. The van der Waals surface area contributed by atoms with E-state index in [0.29, 0.717) is 19.0 Å². The Morgan fingerprint density at radius 2 is 2.00 bits per heavy atom. The van der Waals surface area contributed by atoms with Crippen LogP contribution in [0.3, 0.4) is 0 Å². The van der Waals surface area contributed by atoms with Gasteiger partial charge in [-0.05, 0) is 24.3 Å². The van der Waals surface area contributed by atoms with Gasteiger partial charge in [-0.3, -0.25) is 14.5 Å². The van der Waals surface area contributed by atoms with Crippen LogP contribution in [-0.2, 0) is 16.1 Å². The topological polar surface area (TPSA) is 96.4 Å². The van der Waals surface area contributed by atoms with Crippen LogP contribution in [-0.4, -0.2) is 75.2 Å². The zero-order valence-electron chi connectivity index (χ0n) is 20.2. The number of hydrogen-bond donors (Lipinski definition) is 3. The standard InChI is InChI=1S/C25H32F2N4O4/c1-14(2)10-29-7-6-15(3)11-31-20(29)13-30-12-18(22(32)23(33)21(30)25(31)35)24(34)28-9-16-4-5-17(26)8-19(16)27/h4-5,8,12,14-15,20,22,32-33H,6-7,9-11,13H2,1-3H3,(H,28,34)/t15-,20?,22?/m1/s1. The second kappa shape index (κ2) is 9.94. The fourth-order valence-corrected chi connectivity index (χ4v) is 4.94. The summed E-state index contributed by atoms with van der Waals surface area (Å²) in [6.45, 7) is 8.58. The van der Waals surface area contributed by atoms with Crippen LogP contribution in [0.4, 0.5) is 8.78 Å². The lowest BCUT2D eigenvalue weighted by Gasteiger charge is -2.47. The van der Waals surface area contributed by atoms with Crippen LogP contribution in [0.2, 0.25) is 0 Å². The van der Waals surface area contributed by atoms with Gasteiger partial charge in [0.05, 0.1) is 12.1 Å². The Morgan fingerprint density at radius 3 is 2.69 bits per heavy atom. The molecule has 0 radical (unpaired) electrons. The minimum atomic E-state index is -1.70. The molecule has 190 valence electrons. The lowest BCUT2D eigenvalue weighted by Crippen LogP contribution is -2.62. The molecule has 1 aromatic rings. The predicted molar refractivity (Wildman–Crippen MR) is 124 cm³/mol. The van der Waals surface area contributed by atoms with E-state index < -0.39 is 29.4 Å². The van der Waals surface area contributed by atoms with Gasteiger partial charge in [-0.1, -0.05) is 26.8 Å². The molecule has 3 aliphatic rings. The van der Waals surface area contributed by atoms with E-state index in [4.69, 9.17) is 0 Å². The molecule has 0 aliphatic carbocycles. The second-order valence-corrected chi connectivity index (χ2v) is 10.0. The van der Waals surface area contributed by atoms with Crippen molar-refractivity contribution in [2.75, 3.05) is 26.2 Å². The molecule has 35 heavy (non-hydrogen) atoms. The van der Waals surface area contributed by atoms with E-state index in [2.05, 4.69) is 31.0 Å². The number of nitrogens with zero attached hydrogens (tertiary/aromatic N) is 3. The van der Waals surface area contributed by atoms with Gasteiger partial charge in [0.25, 0.3) is 11.8 Å². The Morgan fingerprint density at radius 1 is 1.26 bits per heavy atom. The average molecular weight is 491 g/mol. The third kappa shape index (κ3) is 5.04. The summed E-state index contributed by atoms with van der Waals surface area (Å²) in [5.41, 5.74) is -0.118. The minimum absolute atomic E-state index is 0.0338. The number of fused-ring (bicyclic) bond motifs is 2. The van der Waals surface area contributed by atoms with E-state index in [1.807, 2.05) is 0 Å². The van der Waals surface area contributed by atoms with Crippen LogP contribution >= 0.6 is 0 Å². The van der Waals surface area contributed by atoms with Gasteiger partial charge in [0, 0.05) is 44.0 Å². The summed E-state index contributed by atoms with van der Waals surface area (Å²) in [7, 11) is 0. The molecule has 2 saturated heterocycles. The Hall–Kier alpha value is -2.98. The highest BCUT2D eigenvalue weighted by Crippen LogP contribution is 2.33. The predicted octanol–water partition coefficient (Wildman–Crippen LogP) is 2.08. The number of aliphatic hydroxyl groups excluding tert-OH is 2. The van der Waals surface area contributed by atoms with Crippen molar-refractivity contribution in [1.29, 1.82) is 0 Å². The van der Waals surface area contributed by atoms with E-state index in [0.717, 1.165) is 31.6 Å². The van der Waals surface area contributed by atoms with Crippen LogP contribution in [0.15, 0.2) is 41.4 Å². The molecule has 1 aromatic carbocycles. The first-order valence-corrected chi connectivity index (χ1v) is 11.9. The number of piperazine rings is 1. The largest absolute Gasteiger partial charge is 0.507 e. The maximum atomic E-state index is 13.9. The molecule has 4 rings (SSSR count). The molecular weight excluding hydrogens is 458 g/mol. The van der Waals surface area contributed by atoms with Crippen LogP contribution in [0.5, 0.6) is 0 Å². The molecule has 0 bridgehead atoms. The van der Waals surface area contributed by atoms with Gasteiger partial charge in [0.1, 0.15) is 29.6 Å². The third-order valence-electron chi connectivity index (χ3n) is 6.72. The first kappa shape index (κ1) is 25.1. The van der Waals surface area contributed by atoms with E-state index >= 15 is 0 Å². The Labute approximate surface area is 203 Å². The van der Waals surface area contributed by atoms with Crippen molar-refractivity contribution in [3.05, 3.63) is 58.6 Å². The van der Waals surface area contributed by atoms with Crippen molar-refractivity contribution in [3.8, 4) is 0 Å². The molecule has 3 atom stereocenters. The Kier molecular flexibility index (Phi) is 7.14. The number of benzene rings is 1. The van der Waals surface area contributed by atoms with E-state index in [-0.39, 0.29) is 41.4 Å². The molecular formula is C25H32F2N4O4. The average Bonchev–Trinajstić information content (AvgIpc) is 2.94. The Bertz CT molecular complexity index is 1070. The van der Waals surface area contributed by atoms with Crippen LogP contribution in [0.25, 0.3) is 0 Å². The molecule has 0 saturated carbocycles. The monoisotopic (exact) mass is 490 g/mol. The van der Waals surface area contributed by atoms with Gasteiger partial charge < -0.3 is 25.3 Å². The highest BCUT2D eigenvalue weighted by Gasteiger charge is 2.46. The zero-order chi connectivity index (χ0) is 25.4. The first-order valence-electron chi connectivity index (χ1n) is 11.9. The maximum Gasteiger partial charge on any atom is 0.275 e. The molecule has 2 unspecified atom stereocenters. The first-order chi connectivity index (χ1) is 16.6. The summed E-state index contributed by atoms with van der Waals surface area (Å²) < 4.78 is 27.1. The van der Waals surface area contributed by atoms with Crippen LogP contribution in [0.1, 0.15) is 32.8 Å². The van der Waals surface area contributed by atoms with Gasteiger partial charge in [0.2, 0.25) is 0 Å². The Balaban J connectivity index is 1.58. The number of nitrogens with one attached hydrogen (secondary N) is 1. The van der Waals surface area contributed by atoms with Crippen molar-refractivity contribution in [1.82, 2.24) is 20.0 Å². The van der Waals surface area contributed by atoms with Crippen molar-refractivity contribution >= 4 is 11.8 Å². The van der Waals surface area contributed by atoms with Gasteiger partial charge in [-0.2, -0.15) is 0 Å². The van der Waals surface area contributed by atoms with Crippen molar-refractivity contribution in [2.24, 2.45) is 11.8 Å². The fourth-order valence-electron chi connectivity index (χ4n) is 4.94. The van der Waals surface area contributed by atoms with E-state index in [9.17, 15) is 28.6 Å².